The zero-order valence-electron chi connectivity index (χ0n) is 13.0. The lowest BCUT2D eigenvalue weighted by molar-refractivity contribution is -0.454. The lowest BCUT2D eigenvalue weighted by atomic mass is 10.1. The average molecular weight is 498 g/mol. The van der Waals surface area contributed by atoms with Crippen LogP contribution in [0.25, 0.3) is 0 Å². The Morgan fingerprint density at radius 3 is 0.700 bits per heavy atom. The van der Waals surface area contributed by atoms with E-state index in [1.165, 1.54) is 0 Å². The molecule has 0 aromatic rings. The van der Waals surface area contributed by atoms with Gasteiger partial charge in [-0.2, -0.15) is 79.0 Å². The van der Waals surface area contributed by atoms with Gasteiger partial charge in [-0.3, -0.25) is 0 Å². The fraction of sp³-hybridized carbons (Fsp3) is 1.00. The third-order valence-electron chi connectivity index (χ3n) is 2.88. The van der Waals surface area contributed by atoms with E-state index in [2.05, 4.69) is 9.47 Å². The van der Waals surface area contributed by atoms with Crippen molar-refractivity contribution in [2.75, 3.05) is 13.2 Å². The van der Waals surface area contributed by atoms with Crippen LogP contribution in [0.5, 0.6) is 0 Å². The van der Waals surface area contributed by atoms with Gasteiger partial charge in [-0.15, -0.1) is 0 Å². The third kappa shape index (κ3) is 4.62. The SMILES string of the molecule is FC(F)(F)C(F)(F)C(F)(F)C(F)(F)OCCOC(F)(F)C(F)(F)C(F)(F)C(F)(F)F. The molecule has 0 unspecified atom stereocenters. The summed E-state index contributed by atoms with van der Waals surface area (Å²) in [5.74, 6) is -29.8. The molecule has 0 spiro atoms. The molecule has 0 saturated heterocycles. The van der Waals surface area contributed by atoms with Crippen molar-refractivity contribution in [2.45, 2.75) is 48.3 Å². The monoisotopic (exact) mass is 498 g/mol. The van der Waals surface area contributed by atoms with Crippen LogP contribution in [0, 0.1) is 0 Å². The largest absolute Gasteiger partial charge is 0.460 e. The molecule has 0 N–H and O–H groups in total. The molecule has 0 saturated carbocycles. The number of alkyl halides is 18. The summed E-state index contributed by atoms with van der Waals surface area (Å²) >= 11 is 0. The maximum atomic E-state index is 12.8. The Hall–Kier alpha value is -1.34. The van der Waals surface area contributed by atoms with Crippen LogP contribution in [-0.4, -0.2) is 61.5 Å². The molecular weight excluding hydrogens is 494 g/mol. The maximum absolute atomic E-state index is 12.8. The van der Waals surface area contributed by atoms with E-state index in [1.54, 1.807) is 0 Å². The summed E-state index contributed by atoms with van der Waals surface area (Å²) in [5, 5.41) is 0. The van der Waals surface area contributed by atoms with Crippen molar-refractivity contribution >= 4 is 0 Å². The minimum atomic E-state index is -7.48. The van der Waals surface area contributed by atoms with Crippen LogP contribution >= 0.6 is 0 Å². The minimum absolute atomic E-state index is 2.46. The minimum Gasteiger partial charge on any atom is -0.313 e. The van der Waals surface area contributed by atoms with E-state index in [-0.39, 0.29) is 0 Å². The molecule has 0 rings (SSSR count). The normalized spacial score (nSPS) is 16.2. The van der Waals surface area contributed by atoms with E-state index in [4.69, 9.17) is 0 Å². The second kappa shape index (κ2) is 7.66. The molecule has 20 heteroatoms. The highest BCUT2D eigenvalue weighted by Gasteiger charge is 2.84. The van der Waals surface area contributed by atoms with Crippen molar-refractivity contribution in [3.05, 3.63) is 0 Å². The van der Waals surface area contributed by atoms with Gasteiger partial charge in [0, 0.05) is 0 Å². The van der Waals surface area contributed by atoms with Crippen LogP contribution < -0.4 is 0 Å². The molecule has 0 aromatic heterocycles. The predicted molar refractivity (Wildman–Crippen MR) is 53.7 cm³/mol. The van der Waals surface area contributed by atoms with E-state index in [0.717, 1.165) is 0 Å². The summed E-state index contributed by atoms with van der Waals surface area (Å²) in [6.07, 6.45) is -28.2. The van der Waals surface area contributed by atoms with E-state index in [9.17, 15) is 79.0 Å². The van der Waals surface area contributed by atoms with E-state index in [0.29, 0.717) is 0 Å². The van der Waals surface area contributed by atoms with Crippen molar-refractivity contribution in [1.29, 1.82) is 0 Å². The van der Waals surface area contributed by atoms with Gasteiger partial charge in [0.1, 0.15) is 0 Å². The quantitative estimate of drug-likeness (QED) is 0.293. The van der Waals surface area contributed by atoms with Gasteiger partial charge in [-0.05, 0) is 0 Å². The van der Waals surface area contributed by atoms with E-state index >= 15 is 0 Å². The Bertz CT molecular complexity index is 535. The van der Waals surface area contributed by atoms with Crippen LogP contribution in [0.1, 0.15) is 0 Å². The molecule has 182 valence electrons. The molecule has 0 atom stereocenters. The lowest BCUT2D eigenvalue weighted by Gasteiger charge is -2.34. The molecule has 0 aliphatic rings. The average Bonchev–Trinajstić information content (AvgIpc) is 2.48. The molecule has 0 aromatic carbocycles. The van der Waals surface area contributed by atoms with Crippen LogP contribution in [0.3, 0.4) is 0 Å². The molecule has 2 nitrogen and oxygen atoms in total. The van der Waals surface area contributed by atoms with E-state index < -0.39 is 61.5 Å². The summed E-state index contributed by atoms with van der Waals surface area (Å²) in [6.45, 7) is -5.33. The van der Waals surface area contributed by atoms with Crippen molar-refractivity contribution in [1.82, 2.24) is 0 Å². The topological polar surface area (TPSA) is 18.5 Å². The Morgan fingerprint density at radius 2 is 0.533 bits per heavy atom. The Kier molecular flexibility index (Phi) is 7.32. The van der Waals surface area contributed by atoms with Crippen molar-refractivity contribution in [3.8, 4) is 0 Å². The van der Waals surface area contributed by atoms with Gasteiger partial charge in [-0.1, -0.05) is 0 Å². The molecule has 30 heavy (non-hydrogen) atoms. The first-order valence-corrected chi connectivity index (χ1v) is 6.39. The van der Waals surface area contributed by atoms with Crippen LogP contribution in [0.4, 0.5) is 79.0 Å². The van der Waals surface area contributed by atoms with Crippen molar-refractivity contribution in [2.24, 2.45) is 0 Å². The van der Waals surface area contributed by atoms with Gasteiger partial charge < -0.3 is 9.47 Å². The van der Waals surface area contributed by atoms with Crippen LogP contribution in [0.15, 0.2) is 0 Å². The number of hydrogen-bond donors (Lipinski definition) is 0. The van der Waals surface area contributed by atoms with Gasteiger partial charge in [-0.25, -0.2) is 0 Å². The standard InChI is InChI=1S/C10H4F18O2/c11-3(12,7(19,20)21)5(15,16)9(25,26)29-1-2-30-10(27,28)6(17,18)4(13,14)8(22,23)24/h1-2H2. The Labute approximate surface area is 151 Å². The Balaban J connectivity index is 5.30. The summed E-state index contributed by atoms with van der Waals surface area (Å²) < 4.78 is 227. The number of ether oxygens (including phenoxy) is 2. The summed E-state index contributed by atoms with van der Waals surface area (Å²) in [4.78, 5) is 0. The second-order valence-electron chi connectivity index (χ2n) is 5.02. The molecule has 0 heterocycles. The lowest BCUT2D eigenvalue weighted by Crippen LogP contribution is -2.62. The molecular formula is C10H4F18O2. The first kappa shape index (κ1) is 28.7. The molecule has 0 amide bonds. The van der Waals surface area contributed by atoms with Gasteiger partial charge in [0.2, 0.25) is 0 Å². The number of halogens is 18. The van der Waals surface area contributed by atoms with Crippen LogP contribution in [-0.2, 0) is 9.47 Å². The number of rotatable bonds is 9. The summed E-state index contributed by atoms with van der Waals surface area (Å²) in [7, 11) is 0. The van der Waals surface area contributed by atoms with Crippen LogP contribution in [0.2, 0.25) is 0 Å². The first-order valence-electron chi connectivity index (χ1n) is 6.39. The predicted octanol–water partition coefficient (Wildman–Crippen LogP) is 5.87. The van der Waals surface area contributed by atoms with E-state index in [1.807, 2.05) is 0 Å². The molecule has 0 aliphatic carbocycles. The summed E-state index contributed by atoms with van der Waals surface area (Å²) in [5.41, 5.74) is 0. The second-order valence-corrected chi connectivity index (χ2v) is 5.02. The van der Waals surface area contributed by atoms with Gasteiger partial charge >= 0.3 is 48.3 Å². The molecule has 0 radical (unpaired) electrons. The zero-order valence-corrected chi connectivity index (χ0v) is 13.0. The number of hydrogen-bond acceptors (Lipinski definition) is 2. The first-order chi connectivity index (χ1) is 12.7. The van der Waals surface area contributed by atoms with Gasteiger partial charge in [0.15, 0.2) is 0 Å². The van der Waals surface area contributed by atoms with Crippen molar-refractivity contribution in [3.63, 3.8) is 0 Å². The summed E-state index contributed by atoms with van der Waals surface area (Å²) in [6, 6.07) is 0. The highest BCUT2D eigenvalue weighted by molar-refractivity contribution is 4.97. The highest BCUT2D eigenvalue weighted by Crippen LogP contribution is 2.54. The smallest absolute Gasteiger partial charge is 0.313 e. The molecule has 0 fully saturated rings. The maximum Gasteiger partial charge on any atom is 0.460 e. The molecule has 0 aliphatic heterocycles. The van der Waals surface area contributed by atoms with Gasteiger partial charge in [0.05, 0.1) is 13.2 Å². The zero-order chi connectivity index (χ0) is 24.8. The van der Waals surface area contributed by atoms with Gasteiger partial charge in [0.25, 0.3) is 0 Å². The fourth-order valence-electron chi connectivity index (χ4n) is 1.24. The Morgan fingerprint density at radius 1 is 0.333 bits per heavy atom. The fourth-order valence-corrected chi connectivity index (χ4v) is 1.24. The molecule has 0 bridgehead atoms. The van der Waals surface area contributed by atoms with Crippen molar-refractivity contribution < 1.29 is 88.5 Å². The third-order valence-corrected chi connectivity index (χ3v) is 2.88. The highest BCUT2D eigenvalue weighted by atomic mass is 19.4.